The normalized spacial score (nSPS) is 25.5. The number of amides is 1. The molecule has 0 bridgehead atoms. The summed E-state index contributed by atoms with van der Waals surface area (Å²) in [6.45, 7) is 3.56. The van der Waals surface area contributed by atoms with Gasteiger partial charge in [-0.2, -0.15) is 0 Å². The highest BCUT2D eigenvalue weighted by Crippen LogP contribution is 2.43. The number of benzene rings is 2. The number of carbonyl (C=O) groups excluding carboxylic acids is 3. The van der Waals surface area contributed by atoms with Crippen LogP contribution in [0.5, 0.6) is 0 Å². The summed E-state index contributed by atoms with van der Waals surface area (Å²) in [5.74, 6) is -0.0345. The lowest BCUT2D eigenvalue weighted by molar-refractivity contribution is -0.137. The van der Waals surface area contributed by atoms with Crippen molar-refractivity contribution in [2.24, 2.45) is 23.7 Å². The summed E-state index contributed by atoms with van der Waals surface area (Å²) < 4.78 is 5.42. The lowest BCUT2D eigenvalue weighted by Gasteiger charge is -2.47. The van der Waals surface area contributed by atoms with Crippen LogP contribution >= 0.6 is 0 Å². The average molecular weight is 503 g/mol. The van der Waals surface area contributed by atoms with Crippen molar-refractivity contribution in [3.8, 4) is 0 Å². The van der Waals surface area contributed by atoms with Gasteiger partial charge in [0.05, 0.1) is 19.8 Å². The van der Waals surface area contributed by atoms with Crippen LogP contribution < -0.4 is 0 Å². The quantitative estimate of drug-likeness (QED) is 0.527. The number of hydrogen-bond acceptors (Lipinski definition) is 5. The molecule has 6 nitrogen and oxygen atoms in total. The molecule has 0 spiro atoms. The number of morpholine rings is 1. The Hall–Kier alpha value is -2.83. The smallest absolute Gasteiger partial charge is 0.236 e. The van der Waals surface area contributed by atoms with Crippen LogP contribution in [0.1, 0.15) is 52.8 Å². The molecule has 2 aromatic carbocycles. The van der Waals surface area contributed by atoms with E-state index in [2.05, 4.69) is 4.90 Å². The Labute approximate surface area is 220 Å². The second kappa shape index (κ2) is 12.1. The Morgan fingerprint density at radius 1 is 0.730 bits per heavy atom. The zero-order valence-corrected chi connectivity index (χ0v) is 21.6. The number of ether oxygens (including phenoxy) is 1. The number of nitrogens with zero attached hydrogens (tertiary/aromatic N) is 2. The monoisotopic (exact) mass is 502 g/mol. The highest BCUT2D eigenvalue weighted by Gasteiger charge is 2.47. The van der Waals surface area contributed by atoms with Gasteiger partial charge >= 0.3 is 0 Å². The van der Waals surface area contributed by atoms with Gasteiger partial charge in [0.25, 0.3) is 0 Å². The van der Waals surface area contributed by atoms with E-state index in [1.807, 2.05) is 65.6 Å². The van der Waals surface area contributed by atoms with E-state index in [1.54, 1.807) is 0 Å². The fraction of sp³-hybridized carbons (Fsp3) is 0.516. The molecule has 0 aromatic heterocycles. The van der Waals surface area contributed by atoms with Crippen molar-refractivity contribution >= 4 is 17.5 Å². The number of piperidine rings is 1. The molecule has 2 atom stereocenters. The Kier molecular flexibility index (Phi) is 8.47. The first-order chi connectivity index (χ1) is 18.1. The zero-order valence-electron chi connectivity index (χ0n) is 21.6. The summed E-state index contributed by atoms with van der Waals surface area (Å²) in [6, 6.07) is 19.0. The first kappa shape index (κ1) is 25.8. The third-order valence-electron chi connectivity index (χ3n) is 8.55. The van der Waals surface area contributed by atoms with Gasteiger partial charge in [0.15, 0.2) is 11.6 Å². The van der Waals surface area contributed by atoms with E-state index in [0.717, 1.165) is 25.7 Å². The number of hydrogen-bond donors (Lipinski definition) is 0. The van der Waals surface area contributed by atoms with Crippen LogP contribution in [0.25, 0.3) is 0 Å². The van der Waals surface area contributed by atoms with Gasteiger partial charge in [-0.05, 0) is 11.8 Å². The summed E-state index contributed by atoms with van der Waals surface area (Å²) >= 11 is 0. The van der Waals surface area contributed by atoms with Gasteiger partial charge in [-0.25, -0.2) is 0 Å². The molecule has 37 heavy (non-hydrogen) atoms. The molecule has 0 radical (unpaired) electrons. The Morgan fingerprint density at radius 3 is 1.76 bits per heavy atom. The van der Waals surface area contributed by atoms with Gasteiger partial charge in [0, 0.05) is 49.1 Å². The third kappa shape index (κ3) is 6.02. The van der Waals surface area contributed by atoms with E-state index in [0.29, 0.717) is 56.4 Å². The molecular formula is C31H38N2O4. The number of Topliss-reactive ketones (excluding diaryl/α,β-unsaturated/α-hetero) is 2. The maximum absolute atomic E-state index is 14.0. The largest absolute Gasteiger partial charge is 0.378 e. The maximum atomic E-state index is 14.0. The second-order valence-electron chi connectivity index (χ2n) is 10.8. The zero-order chi connectivity index (χ0) is 25.6. The predicted octanol–water partition coefficient (Wildman–Crippen LogP) is 4.36. The van der Waals surface area contributed by atoms with Gasteiger partial charge in [0.2, 0.25) is 5.91 Å². The molecule has 0 N–H and O–H groups in total. The average Bonchev–Trinajstić information content (AvgIpc) is 2.97. The molecule has 2 aromatic rings. The van der Waals surface area contributed by atoms with Crippen LogP contribution in [0.4, 0.5) is 0 Å². The van der Waals surface area contributed by atoms with E-state index < -0.39 is 0 Å². The molecular weight excluding hydrogens is 464 g/mol. The molecule has 3 fully saturated rings. The second-order valence-corrected chi connectivity index (χ2v) is 10.8. The van der Waals surface area contributed by atoms with Crippen molar-refractivity contribution in [2.75, 3.05) is 45.9 Å². The summed E-state index contributed by atoms with van der Waals surface area (Å²) in [5, 5.41) is 0. The van der Waals surface area contributed by atoms with Crippen LogP contribution in [0, 0.1) is 23.7 Å². The summed E-state index contributed by atoms with van der Waals surface area (Å²) in [6.07, 6.45) is 5.65. The molecule has 2 heterocycles. The fourth-order valence-electron chi connectivity index (χ4n) is 6.71. The van der Waals surface area contributed by atoms with Gasteiger partial charge in [0.1, 0.15) is 0 Å². The highest BCUT2D eigenvalue weighted by atomic mass is 16.5. The van der Waals surface area contributed by atoms with E-state index in [4.69, 9.17) is 4.74 Å². The predicted molar refractivity (Wildman–Crippen MR) is 142 cm³/mol. The number of likely N-dealkylation sites (tertiary alicyclic amines) is 1. The number of ketones is 2. The SMILES string of the molecule is O=C(c1ccccc1)C1CN(CC(=O)N2CCOCC2)CC(C(=O)c2ccccc2)C1C1CCCCC1. The van der Waals surface area contributed by atoms with Crippen molar-refractivity contribution in [3.05, 3.63) is 71.8 Å². The molecule has 1 saturated carbocycles. The Bertz CT molecular complexity index is 1000. The van der Waals surface area contributed by atoms with Crippen molar-refractivity contribution in [1.82, 2.24) is 9.80 Å². The fourth-order valence-corrected chi connectivity index (χ4v) is 6.71. The molecule has 2 unspecified atom stereocenters. The molecule has 5 rings (SSSR count). The molecule has 1 amide bonds. The maximum Gasteiger partial charge on any atom is 0.236 e. The van der Waals surface area contributed by atoms with Gasteiger partial charge < -0.3 is 9.64 Å². The third-order valence-corrected chi connectivity index (χ3v) is 8.55. The van der Waals surface area contributed by atoms with E-state index in [-0.39, 0.29) is 41.8 Å². The standard InChI is InChI=1S/C31H38N2O4/c34-28(33-16-18-37-19-17-33)22-32-20-26(30(35)24-12-6-2-7-13-24)29(23-10-4-1-5-11-23)27(21-32)31(36)25-14-8-3-9-15-25/h2-3,6-9,12-15,23,26-27,29H,1,4-5,10-11,16-22H2. The topological polar surface area (TPSA) is 66.9 Å². The molecule has 1 aliphatic carbocycles. The van der Waals surface area contributed by atoms with Gasteiger partial charge in [-0.3, -0.25) is 19.3 Å². The number of rotatable bonds is 7. The van der Waals surface area contributed by atoms with E-state index in [9.17, 15) is 14.4 Å². The van der Waals surface area contributed by atoms with Crippen molar-refractivity contribution in [2.45, 2.75) is 32.1 Å². The summed E-state index contributed by atoms with van der Waals surface area (Å²) in [7, 11) is 0. The van der Waals surface area contributed by atoms with Crippen molar-refractivity contribution in [3.63, 3.8) is 0 Å². The lowest BCUT2D eigenvalue weighted by Crippen LogP contribution is -2.56. The van der Waals surface area contributed by atoms with Crippen LogP contribution in [0.15, 0.2) is 60.7 Å². The Morgan fingerprint density at radius 2 is 1.24 bits per heavy atom. The highest BCUT2D eigenvalue weighted by molar-refractivity contribution is 6.01. The van der Waals surface area contributed by atoms with E-state index >= 15 is 0 Å². The summed E-state index contributed by atoms with van der Waals surface area (Å²) in [4.78, 5) is 45.2. The van der Waals surface area contributed by atoms with Gasteiger partial charge in [-0.1, -0.05) is 92.8 Å². The molecule has 6 heteroatoms. The van der Waals surface area contributed by atoms with E-state index in [1.165, 1.54) is 6.42 Å². The minimum atomic E-state index is -0.311. The molecule has 196 valence electrons. The first-order valence-electron chi connectivity index (χ1n) is 13.9. The molecule has 2 saturated heterocycles. The van der Waals surface area contributed by atoms with Crippen LogP contribution in [-0.4, -0.2) is 73.2 Å². The van der Waals surface area contributed by atoms with Crippen LogP contribution in [0.3, 0.4) is 0 Å². The van der Waals surface area contributed by atoms with Crippen LogP contribution in [0.2, 0.25) is 0 Å². The molecule has 2 aliphatic heterocycles. The number of carbonyl (C=O) groups is 3. The minimum Gasteiger partial charge on any atom is -0.378 e. The van der Waals surface area contributed by atoms with Gasteiger partial charge in [-0.15, -0.1) is 0 Å². The summed E-state index contributed by atoms with van der Waals surface area (Å²) in [5.41, 5.74) is 1.39. The lowest BCUT2D eigenvalue weighted by atomic mass is 9.63. The Balaban J connectivity index is 1.48. The first-order valence-corrected chi connectivity index (χ1v) is 13.9. The van der Waals surface area contributed by atoms with Crippen LogP contribution in [-0.2, 0) is 9.53 Å². The van der Waals surface area contributed by atoms with Crippen molar-refractivity contribution in [1.29, 1.82) is 0 Å². The van der Waals surface area contributed by atoms with Crippen molar-refractivity contribution < 1.29 is 19.1 Å². The molecule has 3 aliphatic rings. The minimum absolute atomic E-state index is 0.0181.